The Kier molecular flexibility index (Phi) is 11.4. The molecule has 0 spiro atoms. The number of anilines is 1. The highest BCUT2D eigenvalue weighted by atomic mass is 32.2. The van der Waals surface area contributed by atoms with Gasteiger partial charge in [0.25, 0.3) is 10.0 Å². The highest BCUT2D eigenvalue weighted by Crippen LogP contribution is 2.26. The van der Waals surface area contributed by atoms with Crippen LogP contribution in [-0.2, 0) is 32.6 Å². The zero-order chi connectivity index (χ0) is 32.4. The number of amides is 2. The molecule has 4 aromatic carbocycles. The van der Waals surface area contributed by atoms with Crippen LogP contribution in [0.25, 0.3) is 0 Å². The lowest BCUT2D eigenvalue weighted by Crippen LogP contribution is -2.53. The number of nitrogens with one attached hydrogen (secondary N) is 1. The number of aryl methyl sites for hydroxylation is 1. The quantitative estimate of drug-likeness (QED) is 0.172. The first kappa shape index (κ1) is 33.3. The van der Waals surface area contributed by atoms with Crippen molar-refractivity contribution < 1.29 is 26.8 Å². The van der Waals surface area contributed by atoms with Crippen LogP contribution < -0.4 is 9.62 Å². The van der Waals surface area contributed by atoms with Crippen molar-refractivity contribution in [3.05, 3.63) is 131 Å². The maximum absolute atomic E-state index is 15.0. The predicted molar refractivity (Wildman–Crippen MR) is 171 cm³/mol. The van der Waals surface area contributed by atoms with Crippen LogP contribution in [0.5, 0.6) is 0 Å². The van der Waals surface area contributed by atoms with Crippen molar-refractivity contribution in [2.75, 3.05) is 17.4 Å². The summed E-state index contributed by atoms with van der Waals surface area (Å²) >= 11 is 0. The van der Waals surface area contributed by atoms with E-state index in [-0.39, 0.29) is 29.1 Å². The van der Waals surface area contributed by atoms with Gasteiger partial charge in [-0.15, -0.1) is 0 Å². The summed E-state index contributed by atoms with van der Waals surface area (Å²) in [5.41, 5.74) is 1.83. The molecule has 0 aliphatic rings. The second kappa shape index (κ2) is 15.4. The molecule has 1 N–H and O–H groups in total. The fourth-order valence-corrected chi connectivity index (χ4v) is 6.26. The molecular formula is C35H37F2N3O4S. The van der Waals surface area contributed by atoms with Gasteiger partial charge in [0.05, 0.1) is 10.6 Å². The molecule has 10 heteroatoms. The lowest BCUT2D eigenvalue weighted by Gasteiger charge is -2.34. The second-order valence-corrected chi connectivity index (χ2v) is 12.6. The minimum absolute atomic E-state index is 0.0585. The summed E-state index contributed by atoms with van der Waals surface area (Å²) in [6, 6.07) is 24.8. The van der Waals surface area contributed by atoms with E-state index in [1.807, 2.05) is 44.2 Å². The minimum Gasteiger partial charge on any atom is -0.354 e. The maximum Gasteiger partial charge on any atom is 0.264 e. The number of hydrogen-bond acceptors (Lipinski definition) is 4. The van der Waals surface area contributed by atoms with Gasteiger partial charge < -0.3 is 10.2 Å². The first-order valence-corrected chi connectivity index (χ1v) is 16.2. The van der Waals surface area contributed by atoms with Gasteiger partial charge in [-0.3, -0.25) is 13.9 Å². The molecular weight excluding hydrogens is 596 g/mol. The van der Waals surface area contributed by atoms with E-state index in [9.17, 15) is 26.8 Å². The Bertz CT molecular complexity index is 1680. The van der Waals surface area contributed by atoms with Crippen molar-refractivity contribution in [2.45, 2.75) is 50.6 Å². The van der Waals surface area contributed by atoms with E-state index in [2.05, 4.69) is 5.32 Å². The molecule has 0 heterocycles. The summed E-state index contributed by atoms with van der Waals surface area (Å²) < 4.78 is 57.7. The maximum atomic E-state index is 15.0. The van der Waals surface area contributed by atoms with E-state index in [1.54, 1.807) is 18.2 Å². The summed E-state index contributed by atoms with van der Waals surface area (Å²) in [5, 5.41) is 2.89. The molecule has 0 saturated carbocycles. The van der Waals surface area contributed by atoms with Gasteiger partial charge in [-0.2, -0.15) is 0 Å². The molecule has 2 amide bonds. The van der Waals surface area contributed by atoms with Crippen molar-refractivity contribution in [2.24, 2.45) is 0 Å². The summed E-state index contributed by atoms with van der Waals surface area (Å²) in [6.45, 7) is 3.18. The molecule has 236 valence electrons. The Morgan fingerprint density at radius 3 is 2.13 bits per heavy atom. The van der Waals surface area contributed by atoms with Gasteiger partial charge in [0, 0.05) is 25.1 Å². The first-order chi connectivity index (χ1) is 21.6. The summed E-state index contributed by atoms with van der Waals surface area (Å²) in [5.74, 6) is -2.31. The third-order valence-electron chi connectivity index (χ3n) is 7.40. The number of nitrogens with zero attached hydrogens (tertiary/aromatic N) is 2. The van der Waals surface area contributed by atoms with E-state index < -0.39 is 46.1 Å². The lowest BCUT2D eigenvalue weighted by molar-refractivity contribution is -0.140. The Labute approximate surface area is 263 Å². The van der Waals surface area contributed by atoms with Gasteiger partial charge in [-0.05, 0) is 61.4 Å². The Morgan fingerprint density at radius 2 is 1.49 bits per heavy atom. The fraction of sp³-hybridized carbons (Fsp3) is 0.257. The van der Waals surface area contributed by atoms with E-state index in [0.29, 0.717) is 6.54 Å². The normalized spacial score (nSPS) is 11.9. The van der Waals surface area contributed by atoms with Gasteiger partial charge in [0.15, 0.2) is 0 Å². The highest BCUT2D eigenvalue weighted by Gasteiger charge is 2.35. The molecule has 4 aromatic rings. The molecule has 0 saturated heterocycles. The van der Waals surface area contributed by atoms with Crippen LogP contribution in [0.3, 0.4) is 0 Å². The van der Waals surface area contributed by atoms with Crippen LogP contribution in [-0.4, -0.2) is 44.3 Å². The largest absolute Gasteiger partial charge is 0.354 e. The van der Waals surface area contributed by atoms with Crippen molar-refractivity contribution in [1.29, 1.82) is 0 Å². The monoisotopic (exact) mass is 633 g/mol. The molecule has 0 radical (unpaired) electrons. The topological polar surface area (TPSA) is 86.8 Å². The van der Waals surface area contributed by atoms with E-state index >= 15 is 0 Å². The molecule has 1 atom stereocenters. The van der Waals surface area contributed by atoms with Gasteiger partial charge in [-0.1, -0.05) is 79.6 Å². The SMILES string of the molecule is CCCCNC(=O)[C@H](Cc1ccccc1)N(Cc1ccccc1F)C(=O)CN(c1ccc(F)cc1)S(=O)(=O)c1ccc(C)cc1. The molecule has 7 nitrogen and oxygen atoms in total. The number of carbonyl (C=O) groups is 2. The lowest BCUT2D eigenvalue weighted by atomic mass is 10.0. The molecule has 4 rings (SSSR count). The third kappa shape index (κ3) is 8.76. The molecule has 0 unspecified atom stereocenters. The summed E-state index contributed by atoms with van der Waals surface area (Å²) in [7, 11) is -4.33. The van der Waals surface area contributed by atoms with Gasteiger partial charge in [0.1, 0.15) is 24.2 Å². The van der Waals surface area contributed by atoms with Crippen molar-refractivity contribution in [3.8, 4) is 0 Å². The van der Waals surface area contributed by atoms with Gasteiger partial charge in [0.2, 0.25) is 11.8 Å². The molecule has 0 bridgehead atoms. The standard InChI is InChI=1S/C35H37F2N3O4S/c1-3-4-22-38-35(42)33(23-27-10-6-5-7-11-27)39(24-28-12-8-9-13-32(28)37)34(41)25-40(30-18-16-29(36)17-19-30)45(43,44)31-20-14-26(2)15-21-31/h5-21,33H,3-4,22-25H2,1-2H3,(H,38,42)/t33-/m0/s1. The molecule has 0 fully saturated rings. The van der Waals surface area contributed by atoms with Crippen molar-refractivity contribution in [3.63, 3.8) is 0 Å². The smallest absolute Gasteiger partial charge is 0.264 e. The minimum atomic E-state index is -4.33. The molecule has 0 aliphatic carbocycles. The molecule has 0 aromatic heterocycles. The molecule has 0 aliphatic heterocycles. The Morgan fingerprint density at radius 1 is 0.844 bits per heavy atom. The Balaban J connectivity index is 1.79. The second-order valence-electron chi connectivity index (χ2n) is 10.8. The van der Waals surface area contributed by atoms with Crippen LogP contribution in [0.2, 0.25) is 0 Å². The number of halogens is 2. The van der Waals surface area contributed by atoms with Crippen molar-refractivity contribution in [1.82, 2.24) is 10.2 Å². The number of hydrogen-bond donors (Lipinski definition) is 1. The number of carbonyl (C=O) groups excluding carboxylic acids is 2. The van der Waals surface area contributed by atoms with Crippen molar-refractivity contribution >= 4 is 27.5 Å². The number of rotatable bonds is 14. The van der Waals surface area contributed by atoms with Crippen LogP contribution in [0.4, 0.5) is 14.5 Å². The predicted octanol–water partition coefficient (Wildman–Crippen LogP) is 6.02. The number of benzene rings is 4. The van der Waals surface area contributed by atoms with Gasteiger partial charge >= 0.3 is 0 Å². The van der Waals surface area contributed by atoms with Gasteiger partial charge in [-0.25, -0.2) is 17.2 Å². The van der Waals surface area contributed by atoms with Crippen LogP contribution in [0.1, 0.15) is 36.5 Å². The third-order valence-corrected chi connectivity index (χ3v) is 9.19. The fourth-order valence-electron chi connectivity index (χ4n) is 4.84. The molecule has 45 heavy (non-hydrogen) atoms. The van der Waals surface area contributed by atoms with E-state index in [1.165, 1.54) is 47.4 Å². The van der Waals surface area contributed by atoms with Crippen LogP contribution in [0.15, 0.2) is 108 Å². The highest BCUT2D eigenvalue weighted by molar-refractivity contribution is 7.92. The van der Waals surface area contributed by atoms with E-state index in [0.717, 1.165) is 40.4 Å². The van der Waals surface area contributed by atoms with E-state index in [4.69, 9.17) is 0 Å². The average Bonchev–Trinajstić information content (AvgIpc) is 3.03. The van der Waals surface area contributed by atoms with Crippen LogP contribution in [0, 0.1) is 18.6 Å². The van der Waals surface area contributed by atoms with Crippen LogP contribution >= 0.6 is 0 Å². The summed E-state index contributed by atoms with van der Waals surface area (Å²) in [6.07, 6.45) is 1.67. The zero-order valence-electron chi connectivity index (χ0n) is 25.3. The summed E-state index contributed by atoms with van der Waals surface area (Å²) in [4.78, 5) is 29.2. The zero-order valence-corrected chi connectivity index (χ0v) is 26.1. The average molecular weight is 634 g/mol. The number of unbranched alkanes of at least 4 members (excludes halogenated alkanes) is 1. The first-order valence-electron chi connectivity index (χ1n) is 14.8. The Hall–Kier alpha value is -4.57. The number of sulfonamides is 1.